The van der Waals surface area contributed by atoms with Gasteiger partial charge in [0, 0.05) is 5.92 Å². The van der Waals surface area contributed by atoms with E-state index >= 15 is 0 Å². The second-order valence-corrected chi connectivity index (χ2v) is 10.2. The van der Waals surface area contributed by atoms with Crippen LogP contribution in [0.3, 0.4) is 0 Å². The van der Waals surface area contributed by atoms with Gasteiger partial charge in [-0.05, 0) is 69.6 Å². The van der Waals surface area contributed by atoms with Crippen LogP contribution in [0.2, 0.25) is 0 Å². The first-order valence-electron chi connectivity index (χ1n) is 11.4. The lowest BCUT2D eigenvalue weighted by molar-refractivity contribution is -0.201. The average molecular weight is 447 g/mol. The van der Waals surface area contributed by atoms with Crippen molar-refractivity contribution >= 4 is 11.9 Å². The lowest BCUT2D eigenvalue weighted by atomic mass is 9.72. The summed E-state index contributed by atoms with van der Waals surface area (Å²) in [7, 11) is 1.51. The first-order valence-corrected chi connectivity index (χ1v) is 11.4. The predicted molar refractivity (Wildman–Crippen MR) is 116 cm³/mol. The van der Waals surface area contributed by atoms with Crippen LogP contribution in [-0.4, -0.2) is 41.6 Å². The van der Waals surface area contributed by atoms with Crippen LogP contribution in [0.1, 0.15) is 60.8 Å². The summed E-state index contributed by atoms with van der Waals surface area (Å²) in [5, 5.41) is 10.9. The number of allylic oxidation sites excluding steroid dienone is 2. The molecule has 0 radical (unpaired) electrons. The summed E-state index contributed by atoms with van der Waals surface area (Å²) >= 11 is 0. The van der Waals surface area contributed by atoms with E-state index in [4.69, 9.17) is 18.9 Å². The van der Waals surface area contributed by atoms with Crippen LogP contribution in [0.25, 0.3) is 0 Å². The van der Waals surface area contributed by atoms with Crippen molar-refractivity contribution in [3.8, 4) is 0 Å². The minimum atomic E-state index is -1.59. The van der Waals surface area contributed by atoms with E-state index in [1.54, 1.807) is 0 Å². The fraction of sp³-hybridized carbons (Fsp3) is 0.680. The lowest BCUT2D eigenvalue weighted by Gasteiger charge is -2.43. The van der Waals surface area contributed by atoms with E-state index in [1.807, 2.05) is 20.8 Å². The Balaban J connectivity index is 1.84. The molecule has 0 saturated carbocycles. The molecule has 0 spiro atoms. The van der Waals surface area contributed by atoms with Crippen molar-refractivity contribution < 1.29 is 33.6 Å². The number of rotatable bonds is 2. The van der Waals surface area contributed by atoms with Crippen molar-refractivity contribution in [1.82, 2.24) is 0 Å². The standard InChI is InChI=1S/C25H34O7/c1-12(2)16-15-9-8-13(3)20-17-18(25(6,28)31-20)22(26)30-19(17)14(4)10-11-24(15,5)32-23(27)21(16)29-7/h8,12,15,17-18,20,28H,9-11H2,1-7H3/b13-8-,19-14+/t15-,17+,18-,20-,24+,25-/m0/s1. The number of hydrogen-bond acceptors (Lipinski definition) is 7. The molecule has 0 bridgehead atoms. The molecule has 0 unspecified atom stereocenters. The highest BCUT2D eigenvalue weighted by Gasteiger charge is 2.62. The zero-order valence-corrected chi connectivity index (χ0v) is 20.0. The smallest absolute Gasteiger partial charge is 0.374 e. The second kappa shape index (κ2) is 7.73. The molecular formula is C25H34O7. The minimum Gasteiger partial charge on any atom is -0.490 e. The van der Waals surface area contributed by atoms with Crippen LogP contribution in [0, 0.1) is 23.7 Å². The SMILES string of the molecule is COC1=C(C(C)C)[C@@H]2C/C=C(/C)[C@@H]3O[C@](C)(O)[C@@H]4C(=O)O/C(=C(\C)CC[C@@]2(C)OC1=O)[C@@H]43. The third-order valence-corrected chi connectivity index (χ3v) is 7.65. The van der Waals surface area contributed by atoms with Gasteiger partial charge < -0.3 is 24.1 Å². The molecule has 3 heterocycles. The molecule has 6 atom stereocenters. The quantitative estimate of drug-likeness (QED) is 0.510. The van der Waals surface area contributed by atoms with Gasteiger partial charge in [-0.3, -0.25) is 4.79 Å². The van der Waals surface area contributed by atoms with Crippen molar-refractivity contribution in [2.45, 2.75) is 78.3 Å². The van der Waals surface area contributed by atoms with Gasteiger partial charge in [0.15, 0.2) is 5.79 Å². The Hall–Kier alpha value is -2.12. The molecule has 32 heavy (non-hydrogen) atoms. The van der Waals surface area contributed by atoms with Crippen molar-refractivity contribution in [2.75, 3.05) is 7.11 Å². The monoisotopic (exact) mass is 446 g/mol. The van der Waals surface area contributed by atoms with E-state index in [1.165, 1.54) is 14.0 Å². The van der Waals surface area contributed by atoms with E-state index < -0.39 is 35.3 Å². The van der Waals surface area contributed by atoms with Crippen LogP contribution in [0.5, 0.6) is 0 Å². The van der Waals surface area contributed by atoms with E-state index in [9.17, 15) is 14.7 Å². The highest BCUT2D eigenvalue weighted by Crippen LogP contribution is 2.53. The van der Waals surface area contributed by atoms with Crippen LogP contribution < -0.4 is 0 Å². The predicted octanol–water partition coefficient (Wildman–Crippen LogP) is 3.78. The van der Waals surface area contributed by atoms with Crippen molar-refractivity contribution in [2.24, 2.45) is 23.7 Å². The summed E-state index contributed by atoms with van der Waals surface area (Å²) < 4.78 is 23.2. The number of carbonyl (C=O) groups excluding carboxylic acids is 2. The first kappa shape index (κ1) is 23.1. The van der Waals surface area contributed by atoms with Crippen molar-refractivity contribution in [1.29, 1.82) is 0 Å². The number of aliphatic hydroxyl groups is 1. The Bertz CT molecular complexity index is 938. The van der Waals surface area contributed by atoms with Crippen LogP contribution in [0.15, 0.2) is 34.3 Å². The molecule has 4 rings (SSSR count). The Morgan fingerprint density at radius 3 is 2.53 bits per heavy atom. The zero-order chi connectivity index (χ0) is 23.6. The van der Waals surface area contributed by atoms with Gasteiger partial charge in [-0.15, -0.1) is 0 Å². The molecular weight excluding hydrogens is 412 g/mol. The largest absolute Gasteiger partial charge is 0.490 e. The molecule has 2 fully saturated rings. The van der Waals surface area contributed by atoms with Gasteiger partial charge in [-0.2, -0.15) is 0 Å². The molecule has 3 aliphatic heterocycles. The molecule has 1 N–H and O–H groups in total. The average Bonchev–Trinajstić information content (AvgIpc) is 3.19. The normalized spacial score (nSPS) is 43.7. The number of hydrogen-bond donors (Lipinski definition) is 1. The van der Waals surface area contributed by atoms with Gasteiger partial charge in [-0.25, -0.2) is 4.79 Å². The second-order valence-electron chi connectivity index (χ2n) is 10.2. The van der Waals surface area contributed by atoms with Gasteiger partial charge >= 0.3 is 11.9 Å². The topological polar surface area (TPSA) is 91.3 Å². The van der Waals surface area contributed by atoms with Gasteiger partial charge in [0.05, 0.1) is 19.1 Å². The van der Waals surface area contributed by atoms with E-state index in [2.05, 4.69) is 19.9 Å². The summed E-state index contributed by atoms with van der Waals surface area (Å²) in [5.41, 5.74) is 2.06. The van der Waals surface area contributed by atoms with Gasteiger partial charge in [0.1, 0.15) is 17.3 Å². The zero-order valence-electron chi connectivity index (χ0n) is 20.0. The third-order valence-electron chi connectivity index (χ3n) is 7.65. The van der Waals surface area contributed by atoms with Crippen LogP contribution >= 0.6 is 0 Å². The van der Waals surface area contributed by atoms with Gasteiger partial charge in [0.25, 0.3) is 0 Å². The molecule has 0 amide bonds. The van der Waals surface area contributed by atoms with Gasteiger partial charge in [0.2, 0.25) is 5.76 Å². The van der Waals surface area contributed by atoms with Gasteiger partial charge in [-0.1, -0.05) is 19.9 Å². The van der Waals surface area contributed by atoms with Crippen molar-refractivity contribution in [3.05, 3.63) is 34.3 Å². The molecule has 4 aliphatic rings. The summed E-state index contributed by atoms with van der Waals surface area (Å²) in [4.78, 5) is 25.5. The Labute approximate surface area is 189 Å². The van der Waals surface area contributed by atoms with E-state index in [0.29, 0.717) is 30.8 Å². The molecule has 0 aromatic heterocycles. The maximum atomic E-state index is 12.8. The number of esters is 2. The number of carbonyl (C=O) groups is 2. The molecule has 0 aromatic carbocycles. The van der Waals surface area contributed by atoms with Crippen molar-refractivity contribution in [3.63, 3.8) is 0 Å². The number of methoxy groups -OCH3 is 1. The maximum absolute atomic E-state index is 12.8. The Morgan fingerprint density at radius 2 is 1.91 bits per heavy atom. The van der Waals surface area contributed by atoms with E-state index in [-0.39, 0.29) is 17.8 Å². The summed E-state index contributed by atoms with van der Waals surface area (Å²) in [6, 6.07) is 0. The summed E-state index contributed by atoms with van der Waals surface area (Å²) in [6.45, 7) is 11.5. The molecule has 1 aliphatic carbocycles. The highest BCUT2D eigenvalue weighted by molar-refractivity contribution is 5.89. The molecule has 7 heteroatoms. The number of ether oxygens (including phenoxy) is 4. The Morgan fingerprint density at radius 1 is 1.22 bits per heavy atom. The molecule has 7 nitrogen and oxygen atoms in total. The summed E-state index contributed by atoms with van der Waals surface area (Å²) in [6.07, 6.45) is 3.42. The third kappa shape index (κ3) is 3.41. The molecule has 0 aromatic rings. The van der Waals surface area contributed by atoms with Crippen LogP contribution in [0.4, 0.5) is 0 Å². The minimum absolute atomic E-state index is 0.0684. The molecule has 2 saturated heterocycles. The van der Waals surface area contributed by atoms with Crippen LogP contribution in [-0.2, 0) is 28.5 Å². The fourth-order valence-electron chi connectivity index (χ4n) is 5.93. The van der Waals surface area contributed by atoms with E-state index in [0.717, 1.165) is 16.7 Å². The maximum Gasteiger partial charge on any atom is 0.374 e. The Kier molecular flexibility index (Phi) is 5.57. The first-order chi connectivity index (χ1) is 14.9. The number of fused-ring (bicyclic) bond motifs is 1. The fourth-order valence-corrected chi connectivity index (χ4v) is 5.93. The summed E-state index contributed by atoms with van der Waals surface area (Å²) in [5.74, 6) is -2.68. The highest BCUT2D eigenvalue weighted by atomic mass is 16.7. The molecule has 176 valence electrons. The lowest BCUT2D eigenvalue weighted by Crippen LogP contribution is -2.46.